The number of hydrogen-bond acceptors (Lipinski definition) is 1. The van der Waals surface area contributed by atoms with Crippen LogP contribution in [0.25, 0.3) is 21.2 Å². The molecule has 0 atom stereocenters. The highest BCUT2D eigenvalue weighted by atomic mass is 15.1. The van der Waals surface area contributed by atoms with Gasteiger partial charge in [-0.3, -0.25) is 0 Å². The molecule has 0 heterocycles. The molecule has 3 heteroatoms. The lowest BCUT2D eigenvalue weighted by molar-refractivity contribution is 0.958. The van der Waals surface area contributed by atoms with Gasteiger partial charge in [-0.15, -0.1) is 0 Å². The Morgan fingerprint density at radius 1 is 1.07 bits per heavy atom. The van der Waals surface area contributed by atoms with Gasteiger partial charge < -0.3 is 0 Å². The van der Waals surface area contributed by atoms with E-state index in [1.807, 2.05) is 12.1 Å². The maximum atomic E-state index is 8.17. The van der Waals surface area contributed by atoms with Gasteiger partial charge in [0.15, 0.2) is 0 Å². The van der Waals surface area contributed by atoms with Gasteiger partial charge in [-0.1, -0.05) is 47.6 Å². The molecule has 2 aromatic rings. The summed E-state index contributed by atoms with van der Waals surface area (Å²) in [7, 11) is 0. The fraction of sp³-hybridized carbons (Fsp3) is 0.167. The van der Waals surface area contributed by atoms with Crippen LogP contribution >= 0.6 is 0 Å². The number of hydrogen-bond donors (Lipinski definition) is 0. The maximum absolute atomic E-state index is 8.17. The van der Waals surface area contributed by atoms with Crippen LogP contribution in [0.15, 0.2) is 47.6 Å². The Morgan fingerprint density at radius 3 is 2.67 bits per heavy atom. The van der Waals surface area contributed by atoms with Crippen molar-refractivity contribution in [3.8, 4) is 0 Å². The van der Waals surface area contributed by atoms with E-state index in [9.17, 15) is 0 Å². The van der Waals surface area contributed by atoms with Crippen LogP contribution in [0, 0.1) is 0 Å². The van der Waals surface area contributed by atoms with Crippen LogP contribution in [0.3, 0.4) is 0 Å². The first kappa shape index (κ1) is 9.56. The molecule has 0 radical (unpaired) electrons. The van der Waals surface area contributed by atoms with E-state index in [0.717, 1.165) is 6.42 Å². The summed E-state index contributed by atoms with van der Waals surface area (Å²) in [5.41, 5.74) is 9.38. The zero-order chi connectivity index (χ0) is 10.5. The minimum atomic E-state index is 0.523. The van der Waals surface area contributed by atoms with Gasteiger partial charge >= 0.3 is 0 Å². The van der Waals surface area contributed by atoms with E-state index < -0.39 is 0 Å². The number of benzene rings is 2. The van der Waals surface area contributed by atoms with Gasteiger partial charge in [0, 0.05) is 11.5 Å². The van der Waals surface area contributed by atoms with Crippen LogP contribution in [0.2, 0.25) is 0 Å². The molecule has 0 unspecified atom stereocenters. The number of azide groups is 1. The van der Waals surface area contributed by atoms with Crippen LogP contribution < -0.4 is 0 Å². The molecule has 0 N–H and O–H groups in total. The van der Waals surface area contributed by atoms with E-state index in [0.29, 0.717) is 6.54 Å². The average molecular weight is 197 g/mol. The quantitative estimate of drug-likeness (QED) is 0.409. The molecule has 0 aliphatic heterocycles. The SMILES string of the molecule is [N-]=[N+]=NCCc1ccc2ccccc2c1. The van der Waals surface area contributed by atoms with Crippen molar-refractivity contribution in [3.05, 3.63) is 58.5 Å². The first-order valence-corrected chi connectivity index (χ1v) is 4.89. The molecule has 0 saturated carbocycles. The normalized spacial score (nSPS) is 9.87. The average Bonchev–Trinajstić information content (AvgIpc) is 2.29. The molecule has 0 spiro atoms. The predicted molar refractivity (Wildman–Crippen MR) is 61.7 cm³/mol. The highest BCUT2D eigenvalue weighted by Gasteiger charge is 1.95. The van der Waals surface area contributed by atoms with Gasteiger partial charge in [0.1, 0.15) is 0 Å². The Morgan fingerprint density at radius 2 is 1.87 bits per heavy atom. The molecule has 0 aromatic heterocycles. The molecule has 0 aliphatic rings. The molecular formula is C12H11N3. The fourth-order valence-corrected chi connectivity index (χ4v) is 1.62. The molecule has 0 saturated heterocycles. The van der Waals surface area contributed by atoms with Gasteiger partial charge in [-0.05, 0) is 28.3 Å². The predicted octanol–water partition coefficient (Wildman–Crippen LogP) is 3.69. The second kappa shape index (κ2) is 4.49. The summed E-state index contributed by atoms with van der Waals surface area (Å²) in [6.45, 7) is 0.523. The molecule has 15 heavy (non-hydrogen) atoms. The third-order valence-corrected chi connectivity index (χ3v) is 2.38. The number of nitrogens with zero attached hydrogens (tertiary/aromatic N) is 3. The summed E-state index contributed by atoms with van der Waals surface area (Å²) in [5, 5.41) is 6.00. The Kier molecular flexibility index (Phi) is 2.86. The summed E-state index contributed by atoms with van der Waals surface area (Å²) in [5.74, 6) is 0. The lowest BCUT2D eigenvalue weighted by atomic mass is 10.1. The Balaban J connectivity index is 2.26. The minimum Gasteiger partial charge on any atom is -0.0936 e. The monoisotopic (exact) mass is 197 g/mol. The van der Waals surface area contributed by atoms with Crippen molar-refractivity contribution in [2.24, 2.45) is 5.11 Å². The first-order chi connectivity index (χ1) is 7.40. The smallest absolute Gasteiger partial charge is 0.0298 e. The molecule has 3 nitrogen and oxygen atoms in total. The van der Waals surface area contributed by atoms with Gasteiger partial charge in [-0.2, -0.15) is 0 Å². The summed E-state index contributed by atoms with van der Waals surface area (Å²) in [6, 6.07) is 14.6. The highest BCUT2D eigenvalue weighted by molar-refractivity contribution is 5.82. The molecule has 2 aromatic carbocycles. The van der Waals surface area contributed by atoms with Crippen molar-refractivity contribution in [1.29, 1.82) is 0 Å². The molecular weight excluding hydrogens is 186 g/mol. The van der Waals surface area contributed by atoms with Crippen molar-refractivity contribution < 1.29 is 0 Å². The molecule has 0 amide bonds. The minimum absolute atomic E-state index is 0.523. The van der Waals surface area contributed by atoms with Crippen molar-refractivity contribution in [1.82, 2.24) is 0 Å². The Hall–Kier alpha value is -1.99. The molecule has 74 valence electrons. The van der Waals surface area contributed by atoms with Crippen molar-refractivity contribution in [3.63, 3.8) is 0 Å². The molecule has 0 fully saturated rings. The zero-order valence-electron chi connectivity index (χ0n) is 8.30. The van der Waals surface area contributed by atoms with E-state index >= 15 is 0 Å². The Bertz CT molecular complexity index is 513. The van der Waals surface area contributed by atoms with Crippen LogP contribution in [-0.4, -0.2) is 6.54 Å². The first-order valence-electron chi connectivity index (χ1n) is 4.89. The second-order valence-electron chi connectivity index (χ2n) is 3.39. The molecule has 0 bridgehead atoms. The number of rotatable bonds is 3. The lowest BCUT2D eigenvalue weighted by Crippen LogP contribution is -1.88. The van der Waals surface area contributed by atoms with Gasteiger partial charge in [0.2, 0.25) is 0 Å². The number of fused-ring (bicyclic) bond motifs is 1. The summed E-state index contributed by atoms with van der Waals surface area (Å²) >= 11 is 0. The van der Waals surface area contributed by atoms with E-state index in [4.69, 9.17) is 5.53 Å². The van der Waals surface area contributed by atoms with E-state index in [-0.39, 0.29) is 0 Å². The van der Waals surface area contributed by atoms with E-state index in [1.54, 1.807) is 0 Å². The fourth-order valence-electron chi connectivity index (χ4n) is 1.62. The second-order valence-corrected chi connectivity index (χ2v) is 3.39. The van der Waals surface area contributed by atoms with E-state index in [1.165, 1.54) is 16.3 Å². The third kappa shape index (κ3) is 2.27. The van der Waals surface area contributed by atoms with Crippen molar-refractivity contribution >= 4 is 10.8 Å². The maximum Gasteiger partial charge on any atom is 0.0298 e. The summed E-state index contributed by atoms with van der Waals surface area (Å²) in [6.07, 6.45) is 0.800. The summed E-state index contributed by atoms with van der Waals surface area (Å²) < 4.78 is 0. The standard InChI is InChI=1S/C12H11N3/c13-15-14-8-7-10-5-6-11-3-1-2-4-12(11)9-10/h1-6,9H,7-8H2. The highest BCUT2D eigenvalue weighted by Crippen LogP contribution is 2.15. The summed E-state index contributed by atoms with van der Waals surface area (Å²) in [4.78, 5) is 2.74. The lowest BCUT2D eigenvalue weighted by Gasteiger charge is -2.01. The molecule has 0 aliphatic carbocycles. The topological polar surface area (TPSA) is 48.8 Å². The van der Waals surface area contributed by atoms with Gasteiger partial charge in [0.25, 0.3) is 0 Å². The van der Waals surface area contributed by atoms with E-state index in [2.05, 4.69) is 40.4 Å². The molecule has 2 rings (SSSR count). The Labute approximate surface area is 88.0 Å². The van der Waals surface area contributed by atoms with Crippen molar-refractivity contribution in [2.75, 3.05) is 6.54 Å². The van der Waals surface area contributed by atoms with Crippen LogP contribution in [-0.2, 0) is 6.42 Å². The third-order valence-electron chi connectivity index (χ3n) is 2.38. The van der Waals surface area contributed by atoms with Crippen molar-refractivity contribution in [2.45, 2.75) is 6.42 Å². The van der Waals surface area contributed by atoms with Gasteiger partial charge in [0.05, 0.1) is 0 Å². The van der Waals surface area contributed by atoms with Crippen LogP contribution in [0.1, 0.15) is 5.56 Å². The zero-order valence-corrected chi connectivity index (χ0v) is 8.30. The largest absolute Gasteiger partial charge is 0.0936 e. The van der Waals surface area contributed by atoms with Crippen LogP contribution in [0.5, 0.6) is 0 Å². The van der Waals surface area contributed by atoms with Crippen LogP contribution in [0.4, 0.5) is 0 Å². The van der Waals surface area contributed by atoms with Gasteiger partial charge in [-0.25, -0.2) is 0 Å².